The molecule has 0 aromatic heterocycles. The maximum absolute atomic E-state index is 11.1. The van der Waals surface area contributed by atoms with Crippen LogP contribution in [-0.2, 0) is 16.0 Å². The Balaban J connectivity index is 2.54. The molecule has 0 spiro atoms. The quantitative estimate of drug-likeness (QED) is 0.723. The van der Waals surface area contributed by atoms with E-state index in [1.807, 2.05) is 0 Å². The number of phenols is 1. The molecule has 82 valence electrons. The number of carbonyl (C=O) groups is 1. The van der Waals surface area contributed by atoms with Crippen LogP contribution in [-0.4, -0.2) is 28.9 Å². The van der Waals surface area contributed by atoms with E-state index < -0.39 is 12.1 Å². The Morgan fingerprint density at radius 2 is 2.00 bits per heavy atom. The van der Waals surface area contributed by atoms with Crippen molar-refractivity contribution in [3.05, 3.63) is 29.8 Å². The Bertz CT molecular complexity index is 318. The standard InChI is InChI=1S/C11H14O4/c1-2-15-11(14)10(13)7-8-3-5-9(12)6-4-8/h3-6,10,12-13H,2,7H2,1H3/t10-/m1/s1. The van der Waals surface area contributed by atoms with E-state index in [4.69, 9.17) is 5.11 Å². The molecule has 0 aliphatic rings. The summed E-state index contributed by atoms with van der Waals surface area (Å²) in [6.07, 6.45) is -0.950. The van der Waals surface area contributed by atoms with Crippen LogP contribution in [0, 0.1) is 0 Å². The fraction of sp³-hybridized carbons (Fsp3) is 0.364. The molecule has 1 aromatic rings. The minimum Gasteiger partial charge on any atom is -0.508 e. The van der Waals surface area contributed by atoms with Gasteiger partial charge in [-0.2, -0.15) is 0 Å². The summed E-state index contributed by atoms with van der Waals surface area (Å²) in [5, 5.41) is 18.5. The van der Waals surface area contributed by atoms with Gasteiger partial charge in [0, 0.05) is 6.42 Å². The summed E-state index contributed by atoms with van der Waals surface area (Å²) >= 11 is 0. The Kier molecular flexibility index (Phi) is 4.12. The molecule has 0 aliphatic carbocycles. The zero-order valence-electron chi connectivity index (χ0n) is 8.51. The Hall–Kier alpha value is -1.55. The first kappa shape index (κ1) is 11.5. The van der Waals surface area contributed by atoms with Gasteiger partial charge in [-0.15, -0.1) is 0 Å². The highest BCUT2D eigenvalue weighted by Crippen LogP contribution is 2.11. The average molecular weight is 210 g/mol. The number of aromatic hydroxyl groups is 1. The molecular weight excluding hydrogens is 196 g/mol. The molecule has 0 heterocycles. The molecule has 0 bridgehead atoms. The maximum Gasteiger partial charge on any atom is 0.335 e. The first-order valence-electron chi connectivity index (χ1n) is 4.76. The summed E-state index contributed by atoms with van der Waals surface area (Å²) in [6.45, 7) is 1.94. The van der Waals surface area contributed by atoms with Gasteiger partial charge >= 0.3 is 5.97 Å². The Labute approximate surface area is 88.1 Å². The lowest BCUT2D eigenvalue weighted by molar-refractivity contribution is -0.152. The minimum absolute atomic E-state index is 0.157. The van der Waals surface area contributed by atoms with Gasteiger partial charge in [0.2, 0.25) is 0 Å². The van der Waals surface area contributed by atoms with Gasteiger partial charge in [-0.3, -0.25) is 0 Å². The molecule has 0 unspecified atom stereocenters. The second-order valence-electron chi connectivity index (χ2n) is 3.14. The number of benzene rings is 1. The summed E-state index contributed by atoms with van der Waals surface area (Å²) < 4.78 is 4.66. The van der Waals surface area contributed by atoms with Crippen molar-refractivity contribution in [1.29, 1.82) is 0 Å². The van der Waals surface area contributed by atoms with Crippen LogP contribution in [0.4, 0.5) is 0 Å². The lowest BCUT2D eigenvalue weighted by Gasteiger charge is -2.09. The van der Waals surface area contributed by atoms with Crippen molar-refractivity contribution < 1.29 is 19.7 Å². The van der Waals surface area contributed by atoms with Crippen molar-refractivity contribution in [3.63, 3.8) is 0 Å². The van der Waals surface area contributed by atoms with Crippen LogP contribution in [0.1, 0.15) is 12.5 Å². The fourth-order valence-electron chi connectivity index (χ4n) is 1.18. The summed E-state index contributed by atoms with van der Waals surface area (Å²) in [4.78, 5) is 11.1. The third kappa shape index (κ3) is 3.59. The van der Waals surface area contributed by atoms with E-state index >= 15 is 0 Å². The van der Waals surface area contributed by atoms with Crippen LogP contribution < -0.4 is 0 Å². The van der Waals surface area contributed by atoms with Gasteiger partial charge < -0.3 is 14.9 Å². The molecule has 0 radical (unpaired) electrons. The number of ether oxygens (including phenoxy) is 1. The van der Waals surface area contributed by atoms with Crippen molar-refractivity contribution in [3.8, 4) is 5.75 Å². The van der Waals surface area contributed by atoms with Crippen LogP contribution in [0.5, 0.6) is 5.75 Å². The maximum atomic E-state index is 11.1. The van der Waals surface area contributed by atoms with Gasteiger partial charge in [0.1, 0.15) is 5.75 Å². The lowest BCUT2D eigenvalue weighted by Crippen LogP contribution is -2.25. The molecule has 0 aliphatic heterocycles. The highest BCUT2D eigenvalue weighted by atomic mass is 16.5. The van der Waals surface area contributed by atoms with Gasteiger partial charge in [0.05, 0.1) is 6.61 Å². The van der Waals surface area contributed by atoms with Gasteiger partial charge in [-0.05, 0) is 24.6 Å². The van der Waals surface area contributed by atoms with E-state index in [1.165, 1.54) is 12.1 Å². The number of aliphatic hydroxyl groups is 1. The predicted octanol–water partition coefficient (Wildman–Crippen LogP) is 0.859. The molecule has 4 heteroatoms. The van der Waals surface area contributed by atoms with Crippen molar-refractivity contribution in [2.45, 2.75) is 19.4 Å². The topological polar surface area (TPSA) is 66.8 Å². The second kappa shape index (κ2) is 5.36. The number of carbonyl (C=O) groups excluding carboxylic acids is 1. The molecule has 0 amide bonds. The largest absolute Gasteiger partial charge is 0.508 e. The van der Waals surface area contributed by atoms with Gasteiger partial charge in [0.15, 0.2) is 6.10 Å². The summed E-state index contributed by atoms with van der Waals surface area (Å²) in [6, 6.07) is 6.32. The van der Waals surface area contributed by atoms with Crippen LogP contribution in [0.3, 0.4) is 0 Å². The Morgan fingerprint density at radius 1 is 1.40 bits per heavy atom. The zero-order valence-corrected chi connectivity index (χ0v) is 8.51. The van der Waals surface area contributed by atoms with Crippen molar-refractivity contribution in [2.24, 2.45) is 0 Å². The Morgan fingerprint density at radius 3 is 2.53 bits per heavy atom. The third-order valence-corrected chi connectivity index (χ3v) is 1.92. The smallest absolute Gasteiger partial charge is 0.335 e. The molecular formula is C11H14O4. The van der Waals surface area contributed by atoms with E-state index in [-0.39, 0.29) is 18.8 Å². The van der Waals surface area contributed by atoms with E-state index in [1.54, 1.807) is 19.1 Å². The number of hydrogen-bond donors (Lipinski definition) is 2. The van der Waals surface area contributed by atoms with Gasteiger partial charge in [0.25, 0.3) is 0 Å². The van der Waals surface area contributed by atoms with Crippen molar-refractivity contribution >= 4 is 5.97 Å². The zero-order chi connectivity index (χ0) is 11.3. The number of aliphatic hydroxyl groups excluding tert-OH is 1. The molecule has 0 saturated carbocycles. The highest BCUT2D eigenvalue weighted by molar-refractivity contribution is 5.74. The molecule has 4 nitrogen and oxygen atoms in total. The number of rotatable bonds is 4. The predicted molar refractivity (Wildman–Crippen MR) is 54.5 cm³/mol. The minimum atomic E-state index is -1.14. The average Bonchev–Trinajstić information content (AvgIpc) is 2.22. The number of hydrogen-bond acceptors (Lipinski definition) is 4. The van der Waals surface area contributed by atoms with Crippen LogP contribution in [0.25, 0.3) is 0 Å². The second-order valence-corrected chi connectivity index (χ2v) is 3.14. The van der Waals surface area contributed by atoms with Crippen molar-refractivity contribution in [2.75, 3.05) is 6.61 Å². The van der Waals surface area contributed by atoms with E-state index in [0.717, 1.165) is 5.56 Å². The highest BCUT2D eigenvalue weighted by Gasteiger charge is 2.16. The van der Waals surface area contributed by atoms with Crippen LogP contribution in [0.2, 0.25) is 0 Å². The molecule has 1 rings (SSSR count). The summed E-state index contributed by atoms with van der Waals surface area (Å²) in [7, 11) is 0. The summed E-state index contributed by atoms with van der Waals surface area (Å²) in [5.41, 5.74) is 0.772. The normalized spacial score (nSPS) is 12.1. The molecule has 15 heavy (non-hydrogen) atoms. The molecule has 2 N–H and O–H groups in total. The van der Waals surface area contributed by atoms with Crippen LogP contribution >= 0.6 is 0 Å². The first-order chi connectivity index (χ1) is 7.13. The van der Waals surface area contributed by atoms with E-state index in [9.17, 15) is 9.90 Å². The SMILES string of the molecule is CCOC(=O)[C@H](O)Cc1ccc(O)cc1. The van der Waals surface area contributed by atoms with E-state index in [0.29, 0.717) is 0 Å². The van der Waals surface area contributed by atoms with Crippen LogP contribution in [0.15, 0.2) is 24.3 Å². The van der Waals surface area contributed by atoms with E-state index in [2.05, 4.69) is 4.74 Å². The molecule has 0 saturated heterocycles. The van der Waals surface area contributed by atoms with Crippen molar-refractivity contribution in [1.82, 2.24) is 0 Å². The fourth-order valence-corrected chi connectivity index (χ4v) is 1.18. The first-order valence-corrected chi connectivity index (χ1v) is 4.76. The van der Waals surface area contributed by atoms with Gasteiger partial charge in [-0.1, -0.05) is 12.1 Å². The number of esters is 1. The van der Waals surface area contributed by atoms with Gasteiger partial charge in [-0.25, -0.2) is 4.79 Å². The molecule has 1 atom stereocenters. The number of phenolic OH excluding ortho intramolecular Hbond substituents is 1. The monoisotopic (exact) mass is 210 g/mol. The third-order valence-electron chi connectivity index (χ3n) is 1.92. The lowest BCUT2D eigenvalue weighted by atomic mass is 10.1. The summed E-state index contributed by atoms with van der Waals surface area (Å²) in [5.74, 6) is -0.463. The molecule has 1 aromatic carbocycles. The molecule has 0 fully saturated rings.